The summed E-state index contributed by atoms with van der Waals surface area (Å²) >= 11 is 0. The number of carbonyl (C=O) groups is 1. The molecular weight excluding hydrogens is 266 g/mol. The number of nitrogens with one attached hydrogen (secondary N) is 1. The summed E-state index contributed by atoms with van der Waals surface area (Å²) in [5.74, 6) is -0.116. The van der Waals surface area contributed by atoms with Gasteiger partial charge < -0.3 is 15.0 Å². The van der Waals surface area contributed by atoms with E-state index in [0.717, 1.165) is 16.6 Å². The molecule has 0 atom stereocenters. The fourth-order valence-electron chi connectivity index (χ4n) is 2.19. The number of benzene rings is 2. The lowest BCUT2D eigenvalue weighted by Crippen LogP contribution is -2.18. The first-order chi connectivity index (χ1) is 10.3. The van der Waals surface area contributed by atoms with Crippen molar-refractivity contribution in [2.24, 2.45) is 0 Å². The lowest BCUT2D eigenvalue weighted by molar-refractivity contribution is -0.116. The van der Waals surface area contributed by atoms with E-state index in [-0.39, 0.29) is 19.1 Å². The highest BCUT2D eigenvalue weighted by Crippen LogP contribution is 2.13. The van der Waals surface area contributed by atoms with Crippen molar-refractivity contribution in [1.29, 1.82) is 0 Å². The van der Waals surface area contributed by atoms with Gasteiger partial charge in [0, 0.05) is 5.69 Å². The molecule has 0 aliphatic carbocycles. The molecule has 2 N–H and O–H groups in total. The molecule has 0 saturated carbocycles. The lowest BCUT2D eigenvalue weighted by Gasteiger charge is -2.07. The molecule has 1 aromatic heterocycles. The zero-order valence-corrected chi connectivity index (χ0v) is 11.4. The van der Waals surface area contributed by atoms with Crippen molar-refractivity contribution in [3.63, 3.8) is 0 Å². The third-order valence-electron chi connectivity index (χ3n) is 3.26. The van der Waals surface area contributed by atoms with Crippen molar-refractivity contribution in [1.82, 2.24) is 9.55 Å². The predicted molar refractivity (Wildman–Crippen MR) is 80.7 cm³/mol. The Bertz CT molecular complexity index is 763. The molecule has 0 bridgehead atoms. The Labute approximate surface area is 121 Å². The Balaban J connectivity index is 1.71. The summed E-state index contributed by atoms with van der Waals surface area (Å²) in [6.45, 7) is 0.206. The summed E-state index contributed by atoms with van der Waals surface area (Å²) < 4.78 is 1.81. The van der Waals surface area contributed by atoms with Gasteiger partial charge in [0.05, 0.1) is 24.0 Å². The number of aliphatic hydroxyl groups is 1. The first-order valence-corrected chi connectivity index (χ1v) is 6.66. The molecule has 5 nitrogen and oxygen atoms in total. The molecule has 1 amide bonds. The smallest absolute Gasteiger partial charge is 0.244 e. The Kier molecular flexibility index (Phi) is 3.66. The van der Waals surface area contributed by atoms with Gasteiger partial charge in [-0.15, -0.1) is 0 Å². The van der Waals surface area contributed by atoms with E-state index in [4.69, 9.17) is 5.11 Å². The van der Waals surface area contributed by atoms with Crippen LogP contribution in [0.15, 0.2) is 54.9 Å². The molecule has 0 unspecified atom stereocenters. The van der Waals surface area contributed by atoms with Crippen LogP contribution >= 0.6 is 0 Å². The number of fused-ring (bicyclic) bond motifs is 1. The van der Waals surface area contributed by atoms with Crippen LogP contribution in [0.2, 0.25) is 0 Å². The number of imidazole rings is 1. The largest absolute Gasteiger partial charge is 0.392 e. The van der Waals surface area contributed by atoms with Crippen LogP contribution in [0.3, 0.4) is 0 Å². The van der Waals surface area contributed by atoms with Crippen LogP contribution in [0.1, 0.15) is 5.56 Å². The van der Waals surface area contributed by atoms with Gasteiger partial charge in [-0.3, -0.25) is 4.79 Å². The lowest BCUT2D eigenvalue weighted by atomic mass is 10.2. The average Bonchev–Trinajstić information content (AvgIpc) is 2.91. The minimum atomic E-state index is -0.116. The second kappa shape index (κ2) is 5.76. The third-order valence-corrected chi connectivity index (χ3v) is 3.26. The number of amides is 1. The fourth-order valence-corrected chi connectivity index (χ4v) is 2.19. The molecule has 106 valence electrons. The average molecular weight is 281 g/mol. The van der Waals surface area contributed by atoms with Gasteiger partial charge in [0.25, 0.3) is 0 Å². The Morgan fingerprint density at radius 3 is 2.67 bits per heavy atom. The number of anilines is 1. The molecule has 2 aromatic carbocycles. The highest BCUT2D eigenvalue weighted by atomic mass is 16.3. The van der Waals surface area contributed by atoms with Gasteiger partial charge >= 0.3 is 0 Å². The minimum Gasteiger partial charge on any atom is -0.392 e. The summed E-state index contributed by atoms with van der Waals surface area (Å²) in [6.07, 6.45) is 1.67. The maximum absolute atomic E-state index is 12.1. The summed E-state index contributed by atoms with van der Waals surface area (Å²) in [6, 6.07) is 14.8. The molecule has 0 saturated heterocycles. The molecule has 0 fully saturated rings. The highest BCUT2D eigenvalue weighted by molar-refractivity contribution is 5.91. The SMILES string of the molecule is O=C(Cn1cnc2ccccc21)Nc1ccc(CO)cc1. The number of carbonyl (C=O) groups excluding carboxylic acids is 1. The molecule has 0 aliphatic rings. The van der Waals surface area contributed by atoms with Gasteiger partial charge in [0.1, 0.15) is 6.54 Å². The van der Waals surface area contributed by atoms with Crippen LogP contribution in [-0.4, -0.2) is 20.6 Å². The minimum absolute atomic E-state index is 0.00471. The Morgan fingerprint density at radius 2 is 1.90 bits per heavy atom. The number of hydrogen-bond donors (Lipinski definition) is 2. The summed E-state index contributed by atoms with van der Waals surface area (Å²) in [5.41, 5.74) is 3.33. The van der Waals surface area contributed by atoms with E-state index in [1.54, 1.807) is 30.6 Å². The van der Waals surface area contributed by atoms with Crippen LogP contribution in [0.4, 0.5) is 5.69 Å². The molecular formula is C16H15N3O2. The molecule has 3 rings (SSSR count). The number of hydrogen-bond acceptors (Lipinski definition) is 3. The van der Waals surface area contributed by atoms with Gasteiger partial charge in [-0.05, 0) is 29.8 Å². The van der Waals surface area contributed by atoms with Crippen LogP contribution in [0.25, 0.3) is 11.0 Å². The maximum atomic E-state index is 12.1. The van der Waals surface area contributed by atoms with Gasteiger partial charge in [-0.25, -0.2) is 4.98 Å². The van der Waals surface area contributed by atoms with E-state index >= 15 is 0 Å². The van der Waals surface area contributed by atoms with Crippen LogP contribution in [0.5, 0.6) is 0 Å². The van der Waals surface area contributed by atoms with Crippen LogP contribution in [-0.2, 0) is 17.9 Å². The molecule has 1 heterocycles. The summed E-state index contributed by atoms with van der Waals surface area (Å²) in [5, 5.41) is 11.8. The second-order valence-corrected chi connectivity index (χ2v) is 4.76. The van der Waals surface area contributed by atoms with Crippen molar-refractivity contribution >= 4 is 22.6 Å². The highest BCUT2D eigenvalue weighted by Gasteiger charge is 2.07. The summed E-state index contributed by atoms with van der Waals surface area (Å²) in [7, 11) is 0. The standard InChI is InChI=1S/C16H15N3O2/c20-10-12-5-7-13(8-6-12)18-16(21)9-19-11-17-14-3-1-2-4-15(14)19/h1-8,11,20H,9-10H2,(H,18,21). The van der Waals surface area contributed by atoms with Crippen molar-refractivity contribution in [2.75, 3.05) is 5.32 Å². The topological polar surface area (TPSA) is 67.2 Å². The zero-order chi connectivity index (χ0) is 14.7. The first-order valence-electron chi connectivity index (χ1n) is 6.66. The quantitative estimate of drug-likeness (QED) is 0.770. The van der Waals surface area contributed by atoms with Crippen LogP contribution in [0, 0.1) is 0 Å². The molecule has 0 spiro atoms. The maximum Gasteiger partial charge on any atom is 0.244 e. The first kappa shape index (κ1) is 13.3. The van der Waals surface area contributed by atoms with Crippen molar-refractivity contribution in [3.05, 3.63) is 60.4 Å². The van der Waals surface area contributed by atoms with Crippen molar-refractivity contribution < 1.29 is 9.90 Å². The van der Waals surface area contributed by atoms with Gasteiger partial charge in [-0.1, -0.05) is 24.3 Å². The number of aliphatic hydroxyl groups excluding tert-OH is 1. The van der Waals surface area contributed by atoms with Crippen LogP contribution < -0.4 is 5.32 Å². The fraction of sp³-hybridized carbons (Fsp3) is 0.125. The number of para-hydroxylation sites is 2. The molecule has 0 aliphatic heterocycles. The molecule has 21 heavy (non-hydrogen) atoms. The van der Waals surface area contributed by atoms with E-state index in [1.807, 2.05) is 28.8 Å². The van der Waals surface area contributed by atoms with Crippen molar-refractivity contribution in [3.8, 4) is 0 Å². The molecule has 0 radical (unpaired) electrons. The Hall–Kier alpha value is -2.66. The second-order valence-electron chi connectivity index (χ2n) is 4.76. The molecule has 5 heteroatoms. The number of aromatic nitrogens is 2. The number of nitrogens with zero attached hydrogens (tertiary/aromatic N) is 2. The monoisotopic (exact) mass is 281 g/mol. The third kappa shape index (κ3) is 2.93. The summed E-state index contributed by atoms with van der Waals surface area (Å²) in [4.78, 5) is 16.3. The number of rotatable bonds is 4. The molecule has 3 aromatic rings. The Morgan fingerprint density at radius 1 is 1.14 bits per heavy atom. The zero-order valence-electron chi connectivity index (χ0n) is 11.4. The van der Waals surface area contributed by atoms with E-state index in [1.165, 1.54) is 0 Å². The van der Waals surface area contributed by atoms with Gasteiger partial charge in [0.15, 0.2) is 0 Å². The van der Waals surface area contributed by atoms with E-state index in [2.05, 4.69) is 10.3 Å². The van der Waals surface area contributed by atoms with Crippen molar-refractivity contribution in [2.45, 2.75) is 13.2 Å². The van der Waals surface area contributed by atoms with E-state index in [0.29, 0.717) is 5.69 Å². The normalized spacial score (nSPS) is 10.7. The van der Waals surface area contributed by atoms with Gasteiger partial charge in [-0.2, -0.15) is 0 Å². The predicted octanol–water partition coefficient (Wildman–Crippen LogP) is 2.17. The van der Waals surface area contributed by atoms with E-state index < -0.39 is 0 Å². The van der Waals surface area contributed by atoms with Gasteiger partial charge in [0.2, 0.25) is 5.91 Å². The van der Waals surface area contributed by atoms with E-state index in [9.17, 15) is 4.79 Å².